The zero-order valence-electron chi connectivity index (χ0n) is 26.7. The Hall–Kier alpha value is -3.67. The summed E-state index contributed by atoms with van der Waals surface area (Å²) < 4.78 is 31.7. The minimum Gasteiger partial charge on any atom is -0.494 e. The van der Waals surface area contributed by atoms with E-state index in [4.69, 9.17) is 14.2 Å². The number of hydrogen-bond donors (Lipinski definition) is 0. The maximum Gasteiger partial charge on any atom is 0.343 e. The van der Waals surface area contributed by atoms with Crippen LogP contribution in [-0.4, -0.2) is 24.6 Å². The van der Waals surface area contributed by atoms with Crippen LogP contribution in [0.3, 0.4) is 0 Å². The molecule has 0 radical (unpaired) electrons. The van der Waals surface area contributed by atoms with E-state index < -0.39 is 17.8 Å². The fraction of sp³-hybridized carbons (Fsp3) is 0.474. The first-order chi connectivity index (χ1) is 21.4. The van der Waals surface area contributed by atoms with Gasteiger partial charge in [0.05, 0.1) is 17.7 Å². The lowest BCUT2D eigenvalue weighted by atomic mass is 10.0. The van der Waals surface area contributed by atoms with Crippen LogP contribution in [0.25, 0.3) is 11.1 Å². The Kier molecular flexibility index (Phi) is 15.5. The number of rotatable bonds is 20. The lowest BCUT2D eigenvalue weighted by Crippen LogP contribution is -2.19. The average molecular weight is 605 g/mol. The molecule has 0 saturated heterocycles. The van der Waals surface area contributed by atoms with Gasteiger partial charge in [-0.1, -0.05) is 109 Å². The highest BCUT2D eigenvalue weighted by Gasteiger charge is 2.20. The number of benzene rings is 3. The standard InChI is InChI=1S/C38H49FO5/c1-4-7-10-11-12-13-14-27-42-32-23-21-30(22-24-32)29-17-19-31(20-18-29)37(40)44-34-25-26-35(36(39)28-34)38(41)43-33(15-8-5-2)16-9-6-3/h17-26,28,33H,4-16,27H2,1-3H3. The highest BCUT2D eigenvalue weighted by molar-refractivity contribution is 5.92. The molecule has 44 heavy (non-hydrogen) atoms. The molecule has 0 aliphatic rings. The number of carbonyl (C=O) groups excluding carboxylic acids is 2. The second kappa shape index (κ2) is 19.6. The van der Waals surface area contributed by atoms with Crippen molar-refractivity contribution in [3.63, 3.8) is 0 Å². The quantitative estimate of drug-likeness (QED) is 0.0729. The van der Waals surface area contributed by atoms with E-state index in [9.17, 15) is 14.0 Å². The second-order valence-electron chi connectivity index (χ2n) is 11.4. The molecule has 0 amide bonds. The molecular formula is C38H49FO5. The summed E-state index contributed by atoms with van der Waals surface area (Å²) in [5.41, 5.74) is 2.12. The summed E-state index contributed by atoms with van der Waals surface area (Å²) in [6.45, 7) is 7.12. The molecule has 0 aromatic heterocycles. The molecule has 5 nitrogen and oxygen atoms in total. The van der Waals surface area contributed by atoms with Gasteiger partial charge in [0.25, 0.3) is 0 Å². The van der Waals surface area contributed by atoms with Crippen molar-refractivity contribution in [1.82, 2.24) is 0 Å². The number of unbranched alkanes of at least 4 members (excludes halogenated alkanes) is 8. The van der Waals surface area contributed by atoms with Crippen molar-refractivity contribution < 1.29 is 28.2 Å². The van der Waals surface area contributed by atoms with Crippen LogP contribution in [0.2, 0.25) is 0 Å². The minimum absolute atomic E-state index is 0.0220. The van der Waals surface area contributed by atoms with E-state index in [1.165, 1.54) is 50.7 Å². The van der Waals surface area contributed by atoms with E-state index in [-0.39, 0.29) is 17.4 Å². The third-order valence-electron chi connectivity index (χ3n) is 7.73. The fourth-order valence-electron chi connectivity index (χ4n) is 5.02. The van der Waals surface area contributed by atoms with E-state index in [0.29, 0.717) is 5.56 Å². The SMILES string of the molecule is CCCCCCCCCOc1ccc(-c2ccc(C(=O)Oc3ccc(C(=O)OC(CCCC)CCCC)c(F)c3)cc2)cc1. The van der Waals surface area contributed by atoms with Gasteiger partial charge in [-0.25, -0.2) is 14.0 Å². The normalized spacial score (nSPS) is 11.0. The summed E-state index contributed by atoms with van der Waals surface area (Å²) >= 11 is 0. The van der Waals surface area contributed by atoms with Gasteiger partial charge in [-0.05, 0) is 66.8 Å². The third-order valence-corrected chi connectivity index (χ3v) is 7.73. The number of hydrogen-bond acceptors (Lipinski definition) is 5. The molecule has 0 saturated carbocycles. The molecule has 0 aliphatic carbocycles. The Morgan fingerprint density at radius 3 is 1.77 bits per heavy atom. The molecule has 0 aliphatic heterocycles. The zero-order valence-corrected chi connectivity index (χ0v) is 26.7. The molecule has 238 valence electrons. The van der Waals surface area contributed by atoms with Crippen molar-refractivity contribution in [3.8, 4) is 22.6 Å². The molecule has 0 N–H and O–H groups in total. The largest absolute Gasteiger partial charge is 0.494 e. The van der Waals surface area contributed by atoms with E-state index in [2.05, 4.69) is 20.8 Å². The average Bonchev–Trinajstić information content (AvgIpc) is 3.04. The van der Waals surface area contributed by atoms with Crippen LogP contribution in [0.1, 0.15) is 125 Å². The van der Waals surface area contributed by atoms with Crippen LogP contribution in [-0.2, 0) is 4.74 Å². The van der Waals surface area contributed by atoms with E-state index in [0.717, 1.165) is 74.5 Å². The van der Waals surface area contributed by atoms with Crippen molar-refractivity contribution in [1.29, 1.82) is 0 Å². The molecule has 3 rings (SSSR count). The summed E-state index contributed by atoms with van der Waals surface area (Å²) in [4.78, 5) is 25.4. The van der Waals surface area contributed by atoms with Crippen molar-refractivity contribution in [2.45, 2.75) is 110 Å². The maximum atomic E-state index is 14.8. The van der Waals surface area contributed by atoms with Crippen LogP contribution < -0.4 is 9.47 Å². The Morgan fingerprint density at radius 1 is 0.636 bits per heavy atom. The van der Waals surface area contributed by atoms with Gasteiger partial charge >= 0.3 is 11.9 Å². The van der Waals surface area contributed by atoms with E-state index in [1.54, 1.807) is 12.1 Å². The topological polar surface area (TPSA) is 61.8 Å². The highest BCUT2D eigenvalue weighted by atomic mass is 19.1. The fourth-order valence-corrected chi connectivity index (χ4v) is 5.02. The Balaban J connectivity index is 1.50. The van der Waals surface area contributed by atoms with Gasteiger partial charge in [0.1, 0.15) is 23.4 Å². The van der Waals surface area contributed by atoms with Gasteiger partial charge in [-0.3, -0.25) is 0 Å². The summed E-state index contributed by atoms with van der Waals surface area (Å²) in [7, 11) is 0. The van der Waals surface area contributed by atoms with Gasteiger partial charge in [-0.2, -0.15) is 0 Å². The van der Waals surface area contributed by atoms with Crippen LogP contribution in [0.15, 0.2) is 66.7 Å². The third kappa shape index (κ3) is 11.8. The van der Waals surface area contributed by atoms with Crippen LogP contribution in [0.5, 0.6) is 11.5 Å². The number of esters is 2. The van der Waals surface area contributed by atoms with Crippen LogP contribution in [0, 0.1) is 5.82 Å². The van der Waals surface area contributed by atoms with E-state index >= 15 is 0 Å². The minimum atomic E-state index is -0.782. The van der Waals surface area contributed by atoms with Gasteiger partial charge < -0.3 is 14.2 Å². The highest BCUT2D eigenvalue weighted by Crippen LogP contribution is 2.25. The zero-order chi connectivity index (χ0) is 31.6. The van der Waals surface area contributed by atoms with E-state index in [1.807, 2.05) is 36.4 Å². The molecule has 0 atom stereocenters. The summed E-state index contributed by atoms with van der Waals surface area (Å²) in [5, 5.41) is 0. The Bertz CT molecular complexity index is 1260. The summed E-state index contributed by atoms with van der Waals surface area (Å²) in [5.74, 6) is -1.22. The van der Waals surface area contributed by atoms with Gasteiger partial charge in [0, 0.05) is 6.07 Å². The van der Waals surface area contributed by atoms with Gasteiger partial charge in [-0.15, -0.1) is 0 Å². The molecule has 6 heteroatoms. The van der Waals surface area contributed by atoms with Crippen molar-refractivity contribution in [2.24, 2.45) is 0 Å². The molecule has 0 spiro atoms. The molecule has 0 fully saturated rings. The molecule has 3 aromatic rings. The predicted octanol–water partition coefficient (Wildman–Crippen LogP) is 10.7. The van der Waals surface area contributed by atoms with Gasteiger partial charge in [0.2, 0.25) is 0 Å². The first-order valence-electron chi connectivity index (χ1n) is 16.5. The monoisotopic (exact) mass is 604 g/mol. The number of ether oxygens (including phenoxy) is 3. The number of carbonyl (C=O) groups is 2. The van der Waals surface area contributed by atoms with Crippen molar-refractivity contribution in [2.75, 3.05) is 6.61 Å². The molecule has 0 unspecified atom stereocenters. The molecular weight excluding hydrogens is 555 g/mol. The molecule has 0 bridgehead atoms. The van der Waals surface area contributed by atoms with Crippen LogP contribution in [0.4, 0.5) is 4.39 Å². The summed E-state index contributed by atoms with van der Waals surface area (Å²) in [6, 6.07) is 18.7. The first-order valence-corrected chi connectivity index (χ1v) is 16.5. The molecule has 3 aromatic carbocycles. The van der Waals surface area contributed by atoms with Crippen molar-refractivity contribution >= 4 is 11.9 Å². The molecule has 0 heterocycles. The number of halogens is 1. The Morgan fingerprint density at radius 2 is 1.18 bits per heavy atom. The predicted molar refractivity (Wildman–Crippen MR) is 175 cm³/mol. The summed E-state index contributed by atoms with van der Waals surface area (Å²) in [6.07, 6.45) is 13.9. The maximum absolute atomic E-state index is 14.8. The Labute approximate surface area is 263 Å². The van der Waals surface area contributed by atoms with Gasteiger partial charge in [0.15, 0.2) is 0 Å². The van der Waals surface area contributed by atoms with Crippen LogP contribution >= 0.6 is 0 Å². The smallest absolute Gasteiger partial charge is 0.343 e. The second-order valence-corrected chi connectivity index (χ2v) is 11.4. The first kappa shape index (κ1) is 34.8. The van der Waals surface area contributed by atoms with Crippen molar-refractivity contribution in [3.05, 3.63) is 83.7 Å². The lowest BCUT2D eigenvalue weighted by molar-refractivity contribution is 0.0246. The lowest BCUT2D eigenvalue weighted by Gasteiger charge is -2.18.